The van der Waals surface area contributed by atoms with Crippen LogP contribution in [0.1, 0.15) is 17.5 Å². The molecule has 1 saturated carbocycles. The first kappa shape index (κ1) is 8.02. The molecule has 1 aromatic rings. The Morgan fingerprint density at radius 1 is 1.36 bits per heavy atom. The molecule has 70 valence electrons. The van der Waals surface area contributed by atoms with Gasteiger partial charge in [-0.1, -0.05) is 12.1 Å². The van der Waals surface area contributed by atoms with E-state index in [0.717, 1.165) is 18.0 Å². The van der Waals surface area contributed by atoms with Crippen LogP contribution in [0.5, 0.6) is 0 Å². The first-order valence-electron chi connectivity index (χ1n) is 5.06. The zero-order valence-electron chi connectivity index (χ0n) is 7.96. The Labute approximate surface area is 83.6 Å². The van der Waals surface area contributed by atoms with Gasteiger partial charge >= 0.3 is 0 Å². The van der Waals surface area contributed by atoms with Gasteiger partial charge in [-0.2, -0.15) is 5.26 Å². The highest BCUT2D eigenvalue weighted by Gasteiger charge is 2.57. The number of nitrogens with one attached hydrogen (secondary N) is 1. The van der Waals surface area contributed by atoms with Crippen LogP contribution >= 0.6 is 0 Å². The number of fused-ring (bicyclic) bond motifs is 1. The highest BCUT2D eigenvalue weighted by molar-refractivity contribution is 5.41. The van der Waals surface area contributed by atoms with Crippen LogP contribution in [-0.4, -0.2) is 13.1 Å². The van der Waals surface area contributed by atoms with Gasteiger partial charge in [0.2, 0.25) is 0 Å². The van der Waals surface area contributed by atoms with Crippen molar-refractivity contribution >= 4 is 0 Å². The molecule has 0 amide bonds. The van der Waals surface area contributed by atoms with Crippen LogP contribution in [0.4, 0.5) is 0 Å². The maximum Gasteiger partial charge on any atom is 0.0991 e. The second kappa shape index (κ2) is 2.59. The van der Waals surface area contributed by atoms with Gasteiger partial charge in [-0.15, -0.1) is 0 Å². The molecular weight excluding hydrogens is 172 g/mol. The fourth-order valence-electron chi connectivity index (χ4n) is 2.67. The lowest BCUT2D eigenvalue weighted by Crippen LogP contribution is -2.19. The average molecular weight is 184 g/mol. The molecular formula is C12H12N2. The van der Waals surface area contributed by atoms with Crippen LogP contribution in [0.2, 0.25) is 0 Å². The number of benzene rings is 1. The molecule has 2 fully saturated rings. The summed E-state index contributed by atoms with van der Waals surface area (Å²) in [5.74, 6) is 0.843. The molecule has 1 heterocycles. The zero-order valence-corrected chi connectivity index (χ0v) is 7.96. The summed E-state index contributed by atoms with van der Waals surface area (Å²) in [6.45, 7) is 2.28. The van der Waals surface area contributed by atoms with Gasteiger partial charge in [0.05, 0.1) is 11.6 Å². The Morgan fingerprint density at radius 2 is 2.14 bits per heavy atom. The van der Waals surface area contributed by atoms with Gasteiger partial charge in [0.25, 0.3) is 0 Å². The van der Waals surface area contributed by atoms with Crippen molar-refractivity contribution in [3.8, 4) is 6.07 Å². The van der Waals surface area contributed by atoms with E-state index in [2.05, 4.69) is 23.5 Å². The van der Waals surface area contributed by atoms with Crippen LogP contribution in [-0.2, 0) is 5.41 Å². The predicted octanol–water partition coefficient (Wildman–Crippen LogP) is 1.42. The standard InChI is InChI=1S/C12H12N2/c13-6-9-1-3-10(4-2-9)12-5-11(12)7-14-8-12/h1-4,11,14H,5,7-8H2/t11-,12+/m0/s1. The highest BCUT2D eigenvalue weighted by atomic mass is 15.0. The van der Waals surface area contributed by atoms with Crippen molar-refractivity contribution in [2.24, 2.45) is 5.92 Å². The third-order valence-electron chi connectivity index (χ3n) is 3.65. The van der Waals surface area contributed by atoms with Gasteiger partial charge in [0.1, 0.15) is 0 Å². The summed E-state index contributed by atoms with van der Waals surface area (Å²) in [6, 6.07) is 10.2. The van der Waals surface area contributed by atoms with E-state index in [4.69, 9.17) is 5.26 Å². The summed E-state index contributed by atoms with van der Waals surface area (Å²) in [5, 5.41) is 12.1. The largest absolute Gasteiger partial charge is 0.316 e. The Hall–Kier alpha value is -1.33. The van der Waals surface area contributed by atoms with Crippen LogP contribution in [0.3, 0.4) is 0 Å². The molecule has 0 aromatic heterocycles. The number of nitrogens with zero attached hydrogens (tertiary/aromatic N) is 1. The lowest BCUT2D eigenvalue weighted by Gasteiger charge is -2.11. The minimum absolute atomic E-state index is 0.425. The monoisotopic (exact) mass is 184 g/mol. The number of hydrogen-bond acceptors (Lipinski definition) is 2. The predicted molar refractivity (Wildman–Crippen MR) is 53.8 cm³/mol. The lowest BCUT2D eigenvalue weighted by atomic mass is 9.94. The topological polar surface area (TPSA) is 35.8 Å². The van der Waals surface area contributed by atoms with Crippen molar-refractivity contribution in [2.45, 2.75) is 11.8 Å². The molecule has 2 heteroatoms. The molecule has 2 nitrogen and oxygen atoms in total. The molecule has 1 aromatic carbocycles. The second-order valence-electron chi connectivity index (χ2n) is 4.38. The van der Waals surface area contributed by atoms with E-state index in [0.29, 0.717) is 5.41 Å². The van der Waals surface area contributed by atoms with E-state index in [1.807, 2.05) is 12.1 Å². The fourth-order valence-corrected chi connectivity index (χ4v) is 2.67. The Kier molecular flexibility index (Phi) is 1.48. The van der Waals surface area contributed by atoms with E-state index in [9.17, 15) is 0 Å². The van der Waals surface area contributed by atoms with Crippen LogP contribution in [0.25, 0.3) is 0 Å². The van der Waals surface area contributed by atoms with E-state index in [-0.39, 0.29) is 0 Å². The normalized spacial score (nSPS) is 33.5. The van der Waals surface area contributed by atoms with E-state index in [1.54, 1.807) is 0 Å². The molecule has 2 atom stereocenters. The second-order valence-corrected chi connectivity index (χ2v) is 4.38. The Bertz CT molecular complexity index is 401. The van der Waals surface area contributed by atoms with Crippen LogP contribution in [0, 0.1) is 17.2 Å². The summed E-state index contributed by atoms with van der Waals surface area (Å²) in [6.07, 6.45) is 1.33. The Balaban J connectivity index is 1.95. The molecule has 0 radical (unpaired) electrons. The maximum atomic E-state index is 8.71. The van der Waals surface area contributed by atoms with E-state index in [1.165, 1.54) is 18.5 Å². The first-order valence-corrected chi connectivity index (χ1v) is 5.06. The SMILES string of the molecule is N#Cc1ccc([C@@]23CNC[C@@H]2C3)cc1. The van der Waals surface area contributed by atoms with Gasteiger partial charge < -0.3 is 5.32 Å². The average Bonchev–Trinajstić information content (AvgIpc) is 2.82. The van der Waals surface area contributed by atoms with Gasteiger partial charge in [-0.05, 0) is 36.6 Å². The van der Waals surface area contributed by atoms with Gasteiger partial charge in [-0.25, -0.2) is 0 Å². The van der Waals surface area contributed by atoms with Crippen molar-refractivity contribution in [1.29, 1.82) is 5.26 Å². The van der Waals surface area contributed by atoms with Crippen LogP contribution in [0.15, 0.2) is 24.3 Å². The summed E-state index contributed by atoms with van der Waals surface area (Å²) < 4.78 is 0. The molecule has 1 aliphatic carbocycles. The molecule has 1 aliphatic heterocycles. The molecule has 0 unspecified atom stereocenters. The lowest BCUT2D eigenvalue weighted by molar-refractivity contribution is 0.675. The van der Waals surface area contributed by atoms with Crippen molar-refractivity contribution < 1.29 is 0 Å². The smallest absolute Gasteiger partial charge is 0.0991 e. The minimum Gasteiger partial charge on any atom is -0.316 e. The van der Waals surface area contributed by atoms with Crippen molar-refractivity contribution in [2.75, 3.05) is 13.1 Å². The summed E-state index contributed by atoms with van der Waals surface area (Å²) >= 11 is 0. The van der Waals surface area contributed by atoms with E-state index >= 15 is 0 Å². The van der Waals surface area contributed by atoms with Gasteiger partial charge in [0.15, 0.2) is 0 Å². The summed E-state index contributed by atoms with van der Waals surface area (Å²) in [4.78, 5) is 0. The van der Waals surface area contributed by atoms with Gasteiger partial charge in [0, 0.05) is 12.0 Å². The Morgan fingerprint density at radius 3 is 2.64 bits per heavy atom. The van der Waals surface area contributed by atoms with Crippen molar-refractivity contribution in [1.82, 2.24) is 5.32 Å². The summed E-state index contributed by atoms with van der Waals surface area (Å²) in [5.41, 5.74) is 2.59. The first-order chi connectivity index (χ1) is 6.85. The minimum atomic E-state index is 0.425. The third-order valence-corrected chi connectivity index (χ3v) is 3.65. The molecule has 0 bridgehead atoms. The highest BCUT2D eigenvalue weighted by Crippen LogP contribution is 2.56. The molecule has 14 heavy (non-hydrogen) atoms. The number of piperidine rings is 1. The molecule has 3 rings (SSSR count). The van der Waals surface area contributed by atoms with Crippen molar-refractivity contribution in [3.63, 3.8) is 0 Å². The van der Waals surface area contributed by atoms with Gasteiger partial charge in [-0.3, -0.25) is 0 Å². The van der Waals surface area contributed by atoms with Crippen LogP contribution < -0.4 is 5.32 Å². The maximum absolute atomic E-state index is 8.71. The quantitative estimate of drug-likeness (QED) is 0.716. The fraction of sp³-hybridized carbons (Fsp3) is 0.417. The molecule has 0 spiro atoms. The zero-order chi connectivity index (χ0) is 9.60. The molecule has 1 saturated heterocycles. The molecule has 2 aliphatic rings. The number of hydrogen-bond donors (Lipinski definition) is 1. The van der Waals surface area contributed by atoms with E-state index < -0.39 is 0 Å². The summed E-state index contributed by atoms with van der Waals surface area (Å²) in [7, 11) is 0. The number of rotatable bonds is 1. The number of nitriles is 1. The molecule has 1 N–H and O–H groups in total. The third kappa shape index (κ3) is 0.935. The van der Waals surface area contributed by atoms with Crippen molar-refractivity contribution in [3.05, 3.63) is 35.4 Å².